The first kappa shape index (κ1) is 33.6. The lowest BCUT2D eigenvalue weighted by Crippen LogP contribution is -2.31. The average Bonchev–Trinajstić information content (AvgIpc) is 3.18. The van der Waals surface area contributed by atoms with Gasteiger partial charge in [-0.05, 0) is 33.8 Å². The molecule has 18 heteroatoms. The molecule has 1 aliphatic heterocycles. The molecule has 38 heavy (non-hydrogen) atoms. The number of aromatic nitrogens is 2. The van der Waals surface area contributed by atoms with Crippen molar-refractivity contribution in [2.75, 3.05) is 32.3 Å². The molecule has 0 radical (unpaired) electrons. The van der Waals surface area contributed by atoms with Gasteiger partial charge in [0.25, 0.3) is 0 Å². The van der Waals surface area contributed by atoms with Crippen molar-refractivity contribution in [3.8, 4) is 0 Å². The van der Waals surface area contributed by atoms with Crippen molar-refractivity contribution >= 4 is 37.6 Å². The second kappa shape index (κ2) is 16.5. The number of nitrogens with zero attached hydrogens (tertiary/aromatic N) is 2. The van der Waals surface area contributed by atoms with Gasteiger partial charge in [0.05, 0.1) is 24.9 Å². The monoisotopic (exact) mass is 589 g/mol. The fourth-order valence-corrected chi connectivity index (χ4v) is 3.66. The second-order valence-corrected chi connectivity index (χ2v) is 9.52. The normalized spacial score (nSPS) is 19.0. The van der Waals surface area contributed by atoms with Crippen LogP contribution in [0.15, 0.2) is 17.1 Å². The Kier molecular flexibility index (Phi) is 14.6. The molecular weight excluding hydrogens is 557 g/mol. The van der Waals surface area contributed by atoms with E-state index >= 15 is 0 Å². The van der Waals surface area contributed by atoms with Crippen LogP contribution < -0.4 is 11.4 Å². The van der Waals surface area contributed by atoms with Crippen LogP contribution in [0.5, 0.6) is 0 Å². The number of carbonyl (C=O) groups excluding carboxylic acids is 2. The smallest absolute Gasteiger partial charge is 0.432 e. The van der Waals surface area contributed by atoms with Gasteiger partial charge in [-0.3, -0.25) is 9.09 Å². The van der Waals surface area contributed by atoms with Crippen molar-refractivity contribution in [3.63, 3.8) is 0 Å². The largest absolute Gasteiger partial charge is 0.510 e. The van der Waals surface area contributed by atoms with Crippen molar-refractivity contribution in [1.82, 2.24) is 9.55 Å². The van der Waals surface area contributed by atoms with Gasteiger partial charge >= 0.3 is 25.8 Å². The Labute approximate surface area is 223 Å². The Morgan fingerprint density at radius 2 is 1.66 bits per heavy atom. The van der Waals surface area contributed by atoms with E-state index in [9.17, 15) is 24.1 Å². The molecule has 3 N–H and O–H groups in total. The van der Waals surface area contributed by atoms with Gasteiger partial charge in [0.1, 0.15) is 11.9 Å². The zero-order valence-electron chi connectivity index (χ0n) is 21.5. The predicted molar refractivity (Wildman–Crippen MR) is 130 cm³/mol. The molecule has 1 aromatic heterocycles. The summed E-state index contributed by atoms with van der Waals surface area (Å²) in [7, 11) is -4.50. The van der Waals surface area contributed by atoms with Crippen LogP contribution in [0.25, 0.3) is 0 Å². The Hall–Kier alpha value is -2.46. The predicted octanol–water partition coefficient (Wildman–Crippen LogP) is 2.53. The first-order valence-corrected chi connectivity index (χ1v) is 13.4. The van der Waals surface area contributed by atoms with Crippen LogP contribution in [0.4, 0.5) is 15.4 Å². The highest BCUT2D eigenvalue weighted by Gasteiger charge is 2.38. The summed E-state index contributed by atoms with van der Waals surface area (Å²) in [6.45, 7) is 4.13. The molecule has 3 atom stereocenters. The van der Waals surface area contributed by atoms with Crippen molar-refractivity contribution in [2.45, 2.75) is 64.8 Å². The molecule has 0 bridgehead atoms. The number of phosphoric ester groups is 1. The van der Waals surface area contributed by atoms with E-state index in [2.05, 4.69) is 26.1 Å². The van der Waals surface area contributed by atoms with Gasteiger partial charge in [-0.15, -0.1) is 11.6 Å². The number of nitrogen functional groups attached to an aromatic ring is 1. The van der Waals surface area contributed by atoms with Gasteiger partial charge in [-0.1, -0.05) is 0 Å². The fraction of sp³-hybridized carbons (Fsp3) is 0.700. The number of hydrogen-bond donors (Lipinski definition) is 2. The summed E-state index contributed by atoms with van der Waals surface area (Å²) >= 11 is 4.64. The maximum absolute atomic E-state index is 13.0. The number of carbonyl (C=O) groups is 2. The molecule has 0 aliphatic carbocycles. The van der Waals surface area contributed by atoms with Crippen molar-refractivity contribution in [1.29, 1.82) is 0 Å². The molecule has 0 saturated carbocycles. The van der Waals surface area contributed by atoms with Crippen LogP contribution in [-0.2, 0) is 41.8 Å². The number of alkyl halides is 1. The molecule has 1 aromatic rings. The molecule has 1 saturated heterocycles. The molecule has 0 spiro atoms. The molecular formula is C20H33ClN3O13P. The summed E-state index contributed by atoms with van der Waals surface area (Å²) in [5, 5.41) is 10.3. The third-order valence-corrected chi connectivity index (χ3v) is 5.46. The highest BCUT2D eigenvalue weighted by Crippen LogP contribution is 2.50. The zero-order valence-corrected chi connectivity index (χ0v) is 23.2. The van der Waals surface area contributed by atoms with Gasteiger partial charge in [-0.25, -0.2) is 28.0 Å². The third kappa shape index (κ3) is 11.9. The van der Waals surface area contributed by atoms with E-state index in [4.69, 9.17) is 33.5 Å². The van der Waals surface area contributed by atoms with Crippen LogP contribution in [0.3, 0.4) is 0 Å². The van der Waals surface area contributed by atoms with E-state index < -0.39 is 76.7 Å². The molecule has 0 aromatic carbocycles. The molecule has 2 heterocycles. The van der Waals surface area contributed by atoms with E-state index in [0.717, 1.165) is 4.57 Å². The SMILES string of the molecule is CC(C)OC(=O)OCOP(=O)(OCOC(=O)OC(C)C)OCC1CC(O)C(n2ccc(N)nc2=O)O1.CCl. The summed E-state index contributed by atoms with van der Waals surface area (Å²) in [4.78, 5) is 38.6. The van der Waals surface area contributed by atoms with E-state index in [-0.39, 0.29) is 12.2 Å². The number of hydrogen-bond acceptors (Lipinski definition) is 15. The van der Waals surface area contributed by atoms with Gasteiger partial charge in [0, 0.05) is 19.0 Å². The summed E-state index contributed by atoms with van der Waals surface area (Å²) in [5.41, 5.74) is 4.72. The third-order valence-electron chi connectivity index (χ3n) is 4.15. The molecule has 1 fully saturated rings. The Morgan fingerprint density at radius 1 is 1.13 bits per heavy atom. The quantitative estimate of drug-likeness (QED) is 0.155. The van der Waals surface area contributed by atoms with Crippen LogP contribution in [0, 0.1) is 0 Å². The zero-order chi connectivity index (χ0) is 28.9. The minimum Gasteiger partial charge on any atom is -0.432 e. The number of halogens is 1. The van der Waals surface area contributed by atoms with E-state index in [0.29, 0.717) is 0 Å². The highest BCUT2D eigenvalue weighted by atomic mass is 35.5. The minimum atomic E-state index is -4.50. The Bertz CT molecular complexity index is 961. The highest BCUT2D eigenvalue weighted by molar-refractivity contribution is 7.48. The number of phosphoric acid groups is 1. The molecule has 16 nitrogen and oxygen atoms in total. The number of aliphatic hydroxyl groups is 1. The van der Waals surface area contributed by atoms with Gasteiger partial charge < -0.3 is 34.5 Å². The van der Waals surface area contributed by atoms with E-state index in [1.165, 1.54) is 18.6 Å². The standard InChI is InChI=1S/C19H30N3O13P.CH3Cl/c1-11(2)33-18(25)28-9-31-36(27,32-10-29-19(26)34-12(3)4)30-8-13-7-14(23)16(35-13)22-6-5-15(20)21-17(22)24;1-2/h5-6,11-14,16,23H,7-10H2,1-4H3,(H2,20,21,24);1H3. The van der Waals surface area contributed by atoms with Gasteiger partial charge in [-0.2, -0.15) is 4.98 Å². The number of ether oxygens (including phenoxy) is 5. The number of anilines is 1. The second-order valence-electron chi connectivity index (χ2n) is 7.85. The van der Waals surface area contributed by atoms with Crippen LogP contribution >= 0.6 is 19.4 Å². The molecule has 2 rings (SSSR count). The first-order valence-electron chi connectivity index (χ1n) is 11.1. The average molecular weight is 590 g/mol. The number of rotatable bonds is 12. The van der Waals surface area contributed by atoms with Crippen molar-refractivity contribution in [2.24, 2.45) is 0 Å². The lowest BCUT2D eigenvalue weighted by atomic mass is 10.2. The van der Waals surface area contributed by atoms with E-state index in [1.54, 1.807) is 27.7 Å². The number of aliphatic hydroxyl groups excluding tert-OH is 1. The van der Waals surface area contributed by atoms with Crippen molar-refractivity contribution < 1.29 is 56.5 Å². The summed E-state index contributed by atoms with van der Waals surface area (Å²) < 4.78 is 53.5. The van der Waals surface area contributed by atoms with Crippen LogP contribution in [0.2, 0.25) is 0 Å². The summed E-state index contributed by atoms with van der Waals surface area (Å²) in [6, 6.07) is 1.35. The first-order chi connectivity index (χ1) is 17.9. The topological polar surface area (TPSA) is 206 Å². The molecule has 218 valence electrons. The summed E-state index contributed by atoms with van der Waals surface area (Å²) in [5.74, 6) is -0.00199. The fourth-order valence-electron chi connectivity index (χ4n) is 2.72. The number of nitrogens with two attached hydrogens (primary N) is 1. The van der Waals surface area contributed by atoms with Gasteiger partial charge in [0.2, 0.25) is 13.6 Å². The Balaban J connectivity index is 0.00000352. The maximum Gasteiger partial charge on any atom is 0.510 e. The Morgan fingerprint density at radius 3 is 2.13 bits per heavy atom. The summed E-state index contributed by atoms with van der Waals surface area (Å²) in [6.07, 6.45) is -3.49. The molecule has 1 aliphatic rings. The lowest BCUT2D eigenvalue weighted by Gasteiger charge is -2.20. The minimum absolute atomic E-state index is 0.00199. The maximum atomic E-state index is 13.0. The van der Waals surface area contributed by atoms with Crippen LogP contribution in [0.1, 0.15) is 40.3 Å². The molecule has 3 unspecified atom stereocenters. The lowest BCUT2D eigenvalue weighted by molar-refractivity contribution is -0.0668. The van der Waals surface area contributed by atoms with E-state index in [1.807, 2.05) is 0 Å². The molecule has 0 amide bonds. The van der Waals surface area contributed by atoms with Crippen molar-refractivity contribution in [3.05, 3.63) is 22.7 Å². The van der Waals surface area contributed by atoms with Crippen LogP contribution in [-0.4, -0.2) is 78.0 Å². The van der Waals surface area contributed by atoms with Gasteiger partial charge in [0.15, 0.2) is 6.23 Å².